The number of halogens is 1. The average molecular weight is 497 g/mol. The van der Waals surface area contributed by atoms with E-state index in [4.69, 9.17) is 11.6 Å². The Kier molecular flexibility index (Phi) is 5.42. The van der Waals surface area contributed by atoms with Crippen LogP contribution in [0.2, 0.25) is 5.02 Å². The van der Waals surface area contributed by atoms with Gasteiger partial charge in [-0.15, -0.1) is 0 Å². The molecule has 2 aliphatic heterocycles. The zero-order valence-electron chi connectivity index (χ0n) is 19.2. The average Bonchev–Trinajstić information content (AvgIpc) is 3.43. The number of aromatic nitrogens is 2. The number of nitrogens with one attached hydrogen (secondary N) is 1. The first kappa shape index (κ1) is 22.2. The van der Waals surface area contributed by atoms with Gasteiger partial charge in [-0.05, 0) is 35.9 Å². The predicted octanol–water partition coefficient (Wildman–Crippen LogP) is 4.72. The monoisotopic (exact) mass is 496 g/mol. The van der Waals surface area contributed by atoms with Gasteiger partial charge in [0, 0.05) is 46.9 Å². The Morgan fingerprint density at radius 3 is 2.56 bits per heavy atom. The molecule has 7 nitrogen and oxygen atoms in total. The summed E-state index contributed by atoms with van der Waals surface area (Å²) in [5.74, 6) is -0.916. The van der Waals surface area contributed by atoms with Crippen LogP contribution in [0, 0.1) is 0 Å². The van der Waals surface area contributed by atoms with Crippen molar-refractivity contribution in [2.45, 2.75) is 19.5 Å². The Bertz CT molecular complexity index is 1530. The molecule has 0 atom stereocenters. The SMILES string of the molecule is O=C(c1ccc2c(c1)C(=O)N(Cc1ccccc1)C2=O)N1CCc2[nH]nc(-c3cccc(Cl)c3)c2C1. The number of imide groups is 1. The Morgan fingerprint density at radius 1 is 0.944 bits per heavy atom. The number of amides is 3. The second kappa shape index (κ2) is 8.77. The van der Waals surface area contributed by atoms with E-state index in [2.05, 4.69) is 10.2 Å². The smallest absolute Gasteiger partial charge is 0.261 e. The molecule has 3 heterocycles. The minimum absolute atomic E-state index is 0.191. The summed E-state index contributed by atoms with van der Waals surface area (Å²) in [5, 5.41) is 8.19. The molecular formula is C28H21ClN4O3. The second-order valence-corrected chi connectivity index (χ2v) is 9.40. The highest BCUT2D eigenvalue weighted by Crippen LogP contribution is 2.31. The zero-order chi connectivity index (χ0) is 24.8. The number of H-pyrrole nitrogens is 1. The fourth-order valence-electron chi connectivity index (χ4n) is 4.86. The third-order valence-electron chi connectivity index (χ3n) is 6.72. The Labute approximate surface area is 212 Å². The molecule has 0 spiro atoms. The molecule has 3 amide bonds. The van der Waals surface area contributed by atoms with Gasteiger partial charge < -0.3 is 4.90 Å². The van der Waals surface area contributed by atoms with Gasteiger partial charge in [0.1, 0.15) is 0 Å². The normalized spacial score (nSPS) is 14.7. The lowest BCUT2D eigenvalue weighted by atomic mass is 9.99. The third-order valence-corrected chi connectivity index (χ3v) is 6.95. The molecule has 6 rings (SSSR count). The van der Waals surface area contributed by atoms with Crippen LogP contribution in [0.1, 0.15) is 47.9 Å². The number of carbonyl (C=O) groups excluding carboxylic acids is 3. The van der Waals surface area contributed by atoms with E-state index in [-0.39, 0.29) is 29.8 Å². The van der Waals surface area contributed by atoms with E-state index >= 15 is 0 Å². The van der Waals surface area contributed by atoms with Crippen molar-refractivity contribution in [1.29, 1.82) is 0 Å². The fraction of sp³-hybridized carbons (Fsp3) is 0.143. The Hall–Kier alpha value is -4.23. The summed E-state index contributed by atoms with van der Waals surface area (Å²) in [4.78, 5) is 42.4. The van der Waals surface area contributed by atoms with Crippen LogP contribution in [0.4, 0.5) is 0 Å². The fourth-order valence-corrected chi connectivity index (χ4v) is 5.05. The molecule has 0 bridgehead atoms. The molecule has 0 saturated heterocycles. The molecule has 0 unspecified atom stereocenters. The van der Waals surface area contributed by atoms with Crippen molar-refractivity contribution in [3.63, 3.8) is 0 Å². The molecule has 3 aromatic carbocycles. The highest BCUT2D eigenvalue weighted by molar-refractivity contribution is 6.30. The molecule has 0 saturated carbocycles. The van der Waals surface area contributed by atoms with Gasteiger partial charge in [-0.1, -0.05) is 54.1 Å². The number of carbonyl (C=O) groups is 3. The molecule has 1 aromatic heterocycles. The lowest BCUT2D eigenvalue weighted by Crippen LogP contribution is -2.36. The maximum atomic E-state index is 13.5. The first-order valence-electron chi connectivity index (χ1n) is 11.6. The van der Waals surface area contributed by atoms with Crippen LogP contribution in [-0.2, 0) is 19.5 Å². The zero-order valence-corrected chi connectivity index (χ0v) is 20.0. The van der Waals surface area contributed by atoms with Gasteiger partial charge in [-0.25, -0.2) is 0 Å². The number of benzene rings is 3. The summed E-state index contributed by atoms with van der Waals surface area (Å²) in [6.45, 7) is 1.10. The standard InChI is InChI=1S/C28H21ClN4O3/c29-20-8-4-7-18(13-20)25-23-16-32(12-11-24(23)30-31-25)26(34)19-9-10-21-22(14-19)28(36)33(27(21)35)15-17-5-2-1-3-6-17/h1-10,13-14H,11-12,15-16H2,(H,30,31). The lowest BCUT2D eigenvalue weighted by Gasteiger charge is -2.27. The van der Waals surface area contributed by atoms with Gasteiger partial charge in [0.05, 0.1) is 23.4 Å². The minimum Gasteiger partial charge on any atom is -0.334 e. The molecular weight excluding hydrogens is 476 g/mol. The van der Waals surface area contributed by atoms with Crippen LogP contribution < -0.4 is 0 Å². The van der Waals surface area contributed by atoms with Gasteiger partial charge in [-0.2, -0.15) is 5.10 Å². The van der Waals surface area contributed by atoms with Crippen molar-refractivity contribution < 1.29 is 14.4 Å². The van der Waals surface area contributed by atoms with E-state index in [1.54, 1.807) is 29.2 Å². The molecule has 0 fully saturated rings. The quantitative estimate of drug-likeness (QED) is 0.414. The van der Waals surface area contributed by atoms with Crippen molar-refractivity contribution in [2.75, 3.05) is 6.54 Å². The van der Waals surface area contributed by atoms with Crippen molar-refractivity contribution in [3.05, 3.63) is 111 Å². The third kappa shape index (κ3) is 3.78. The van der Waals surface area contributed by atoms with Crippen LogP contribution in [0.3, 0.4) is 0 Å². The number of hydrogen-bond donors (Lipinski definition) is 1. The van der Waals surface area contributed by atoms with Gasteiger partial charge in [-0.3, -0.25) is 24.4 Å². The van der Waals surface area contributed by atoms with Crippen LogP contribution in [-0.4, -0.2) is 44.3 Å². The molecule has 2 aliphatic rings. The predicted molar refractivity (Wildman–Crippen MR) is 135 cm³/mol. The van der Waals surface area contributed by atoms with Crippen LogP contribution in [0.5, 0.6) is 0 Å². The van der Waals surface area contributed by atoms with Gasteiger partial charge in [0.15, 0.2) is 0 Å². The Balaban J connectivity index is 1.25. The molecule has 8 heteroatoms. The van der Waals surface area contributed by atoms with Gasteiger partial charge >= 0.3 is 0 Å². The van der Waals surface area contributed by atoms with Crippen molar-refractivity contribution in [2.24, 2.45) is 0 Å². The van der Waals surface area contributed by atoms with E-state index in [0.717, 1.165) is 28.1 Å². The number of aromatic amines is 1. The summed E-state index contributed by atoms with van der Waals surface area (Å²) in [7, 11) is 0. The molecule has 4 aromatic rings. The Morgan fingerprint density at radius 2 is 1.75 bits per heavy atom. The molecule has 178 valence electrons. The first-order chi connectivity index (χ1) is 17.5. The molecule has 0 radical (unpaired) electrons. The summed E-state index contributed by atoms with van der Waals surface area (Å²) in [6.07, 6.45) is 0.641. The lowest BCUT2D eigenvalue weighted by molar-refractivity contribution is 0.0642. The van der Waals surface area contributed by atoms with Gasteiger partial charge in [0.2, 0.25) is 0 Å². The second-order valence-electron chi connectivity index (χ2n) is 8.96. The maximum absolute atomic E-state index is 13.5. The van der Waals surface area contributed by atoms with E-state index < -0.39 is 0 Å². The minimum atomic E-state index is -0.382. The summed E-state index contributed by atoms with van der Waals surface area (Å²) in [5.41, 5.74) is 5.45. The topological polar surface area (TPSA) is 86.4 Å². The first-order valence-corrected chi connectivity index (χ1v) is 12.0. The summed E-state index contributed by atoms with van der Waals surface area (Å²) >= 11 is 6.17. The van der Waals surface area contributed by atoms with E-state index in [1.807, 2.05) is 48.5 Å². The van der Waals surface area contributed by atoms with Crippen LogP contribution >= 0.6 is 11.6 Å². The largest absolute Gasteiger partial charge is 0.334 e. The van der Waals surface area contributed by atoms with Crippen LogP contribution in [0.25, 0.3) is 11.3 Å². The van der Waals surface area contributed by atoms with E-state index in [0.29, 0.717) is 35.7 Å². The van der Waals surface area contributed by atoms with E-state index in [1.165, 1.54) is 4.90 Å². The number of fused-ring (bicyclic) bond motifs is 2. The molecule has 36 heavy (non-hydrogen) atoms. The number of nitrogens with zero attached hydrogens (tertiary/aromatic N) is 3. The number of rotatable bonds is 4. The van der Waals surface area contributed by atoms with Crippen molar-refractivity contribution in [1.82, 2.24) is 20.0 Å². The van der Waals surface area contributed by atoms with E-state index in [9.17, 15) is 14.4 Å². The highest BCUT2D eigenvalue weighted by atomic mass is 35.5. The molecule has 0 aliphatic carbocycles. The summed E-state index contributed by atoms with van der Waals surface area (Å²) in [6, 6.07) is 21.6. The van der Waals surface area contributed by atoms with Crippen molar-refractivity contribution >= 4 is 29.3 Å². The summed E-state index contributed by atoms with van der Waals surface area (Å²) < 4.78 is 0. The number of hydrogen-bond acceptors (Lipinski definition) is 4. The molecule has 1 N–H and O–H groups in total. The van der Waals surface area contributed by atoms with Crippen LogP contribution in [0.15, 0.2) is 72.8 Å². The van der Waals surface area contributed by atoms with Crippen molar-refractivity contribution in [3.8, 4) is 11.3 Å². The highest BCUT2D eigenvalue weighted by Gasteiger charge is 2.36. The van der Waals surface area contributed by atoms with Gasteiger partial charge in [0.25, 0.3) is 17.7 Å². The maximum Gasteiger partial charge on any atom is 0.261 e.